The number of hydrogen-bond acceptors (Lipinski definition) is 3. The molecule has 2 aromatic carbocycles. The molecule has 2 aromatic rings. The van der Waals surface area contributed by atoms with Gasteiger partial charge in [-0.2, -0.15) is 0 Å². The molecule has 0 saturated heterocycles. The van der Waals surface area contributed by atoms with Gasteiger partial charge in [0.2, 0.25) is 0 Å². The monoisotopic (exact) mass is 304 g/mol. The number of ether oxygens (including phenoxy) is 1. The van der Waals surface area contributed by atoms with Crippen molar-refractivity contribution in [3.63, 3.8) is 0 Å². The SMILES string of the molecule is COc1ccccc1S(=O)(=O)CC(C)(C)c1ccccc1. The first-order chi connectivity index (χ1) is 9.87. The fraction of sp³-hybridized carbons (Fsp3) is 0.294. The summed E-state index contributed by atoms with van der Waals surface area (Å²) in [4.78, 5) is 0.247. The van der Waals surface area contributed by atoms with Crippen LogP contribution >= 0.6 is 0 Å². The molecule has 0 fully saturated rings. The van der Waals surface area contributed by atoms with E-state index in [0.29, 0.717) is 5.75 Å². The Morgan fingerprint density at radius 1 is 0.952 bits per heavy atom. The Hall–Kier alpha value is -1.81. The molecular formula is C17H20O3S. The Bertz CT molecular complexity index is 704. The lowest BCUT2D eigenvalue weighted by atomic mass is 9.87. The zero-order chi connectivity index (χ0) is 15.5. The van der Waals surface area contributed by atoms with Gasteiger partial charge in [-0.1, -0.05) is 56.3 Å². The summed E-state index contributed by atoms with van der Waals surface area (Å²) in [6, 6.07) is 16.4. The molecule has 0 aliphatic heterocycles. The zero-order valence-electron chi connectivity index (χ0n) is 12.5. The minimum atomic E-state index is -3.43. The quantitative estimate of drug-likeness (QED) is 0.850. The van der Waals surface area contributed by atoms with E-state index < -0.39 is 15.3 Å². The molecule has 0 aliphatic carbocycles. The van der Waals surface area contributed by atoms with Crippen molar-refractivity contribution in [3.05, 3.63) is 60.2 Å². The van der Waals surface area contributed by atoms with Gasteiger partial charge in [0.05, 0.1) is 12.9 Å². The maximum Gasteiger partial charge on any atom is 0.182 e. The van der Waals surface area contributed by atoms with Crippen LogP contribution < -0.4 is 4.74 Å². The van der Waals surface area contributed by atoms with Crippen LogP contribution in [0.1, 0.15) is 19.4 Å². The predicted octanol–water partition coefficient (Wildman–Crippen LogP) is 3.45. The summed E-state index contributed by atoms with van der Waals surface area (Å²) >= 11 is 0. The van der Waals surface area contributed by atoms with E-state index in [0.717, 1.165) is 5.56 Å². The number of methoxy groups -OCH3 is 1. The number of para-hydroxylation sites is 1. The summed E-state index contributed by atoms with van der Waals surface area (Å²) in [6.45, 7) is 3.88. The molecule has 0 radical (unpaired) electrons. The van der Waals surface area contributed by atoms with Crippen LogP contribution in [0.2, 0.25) is 0 Å². The highest BCUT2D eigenvalue weighted by Crippen LogP contribution is 2.31. The number of rotatable bonds is 5. The zero-order valence-corrected chi connectivity index (χ0v) is 13.4. The van der Waals surface area contributed by atoms with Crippen molar-refractivity contribution in [2.24, 2.45) is 0 Å². The van der Waals surface area contributed by atoms with Gasteiger partial charge in [-0.15, -0.1) is 0 Å². The topological polar surface area (TPSA) is 43.4 Å². The average Bonchev–Trinajstić information content (AvgIpc) is 2.47. The van der Waals surface area contributed by atoms with Gasteiger partial charge in [-0.3, -0.25) is 0 Å². The molecule has 2 rings (SSSR count). The molecule has 21 heavy (non-hydrogen) atoms. The van der Waals surface area contributed by atoms with Crippen molar-refractivity contribution >= 4 is 9.84 Å². The van der Waals surface area contributed by atoms with Gasteiger partial charge in [0.15, 0.2) is 9.84 Å². The van der Waals surface area contributed by atoms with Gasteiger partial charge < -0.3 is 4.74 Å². The van der Waals surface area contributed by atoms with Crippen LogP contribution in [0.3, 0.4) is 0 Å². The summed E-state index contributed by atoms with van der Waals surface area (Å²) in [5.74, 6) is 0.422. The number of sulfone groups is 1. The van der Waals surface area contributed by atoms with Gasteiger partial charge in [-0.25, -0.2) is 8.42 Å². The Morgan fingerprint density at radius 2 is 1.52 bits per heavy atom. The molecule has 0 atom stereocenters. The Balaban J connectivity index is 2.38. The highest BCUT2D eigenvalue weighted by atomic mass is 32.2. The Kier molecular flexibility index (Phi) is 4.37. The molecule has 0 unspecified atom stereocenters. The van der Waals surface area contributed by atoms with Crippen LogP contribution in [0.15, 0.2) is 59.5 Å². The van der Waals surface area contributed by atoms with Crippen molar-refractivity contribution in [2.45, 2.75) is 24.2 Å². The first-order valence-electron chi connectivity index (χ1n) is 6.78. The fourth-order valence-corrected chi connectivity index (χ4v) is 4.42. The van der Waals surface area contributed by atoms with Crippen molar-refractivity contribution in [1.82, 2.24) is 0 Å². The smallest absolute Gasteiger partial charge is 0.182 e. The van der Waals surface area contributed by atoms with E-state index in [4.69, 9.17) is 4.74 Å². The van der Waals surface area contributed by atoms with E-state index in [-0.39, 0.29) is 10.6 Å². The van der Waals surface area contributed by atoms with E-state index in [1.165, 1.54) is 7.11 Å². The summed E-state index contributed by atoms with van der Waals surface area (Å²) < 4.78 is 30.6. The van der Waals surface area contributed by atoms with Crippen LogP contribution in [0.4, 0.5) is 0 Å². The van der Waals surface area contributed by atoms with Crippen LogP contribution in [0.5, 0.6) is 5.75 Å². The third-order valence-electron chi connectivity index (χ3n) is 3.51. The highest BCUT2D eigenvalue weighted by Gasteiger charge is 2.30. The van der Waals surface area contributed by atoms with Crippen molar-refractivity contribution < 1.29 is 13.2 Å². The van der Waals surface area contributed by atoms with Crippen LogP contribution in [-0.2, 0) is 15.3 Å². The second-order valence-corrected chi connectivity index (χ2v) is 7.62. The second-order valence-electron chi connectivity index (χ2n) is 5.66. The highest BCUT2D eigenvalue weighted by molar-refractivity contribution is 7.91. The first-order valence-corrected chi connectivity index (χ1v) is 8.43. The minimum Gasteiger partial charge on any atom is -0.495 e. The van der Waals surface area contributed by atoms with E-state index in [2.05, 4.69) is 0 Å². The standard InChI is InChI=1S/C17H20O3S/c1-17(2,14-9-5-4-6-10-14)13-21(18,19)16-12-8-7-11-15(16)20-3/h4-12H,13H2,1-3H3. The summed E-state index contributed by atoms with van der Waals surface area (Å²) in [5, 5.41) is 0. The van der Waals surface area contributed by atoms with Crippen molar-refractivity contribution in [1.29, 1.82) is 0 Å². The summed E-state index contributed by atoms with van der Waals surface area (Å²) in [5.41, 5.74) is 0.532. The maximum atomic E-state index is 12.7. The average molecular weight is 304 g/mol. The van der Waals surface area contributed by atoms with E-state index >= 15 is 0 Å². The molecule has 0 aliphatic rings. The van der Waals surface area contributed by atoms with E-state index in [1.54, 1.807) is 24.3 Å². The fourth-order valence-electron chi connectivity index (χ4n) is 2.40. The Labute approximate surface area is 126 Å². The van der Waals surface area contributed by atoms with Gasteiger partial charge >= 0.3 is 0 Å². The number of hydrogen-bond donors (Lipinski definition) is 0. The Morgan fingerprint density at radius 3 is 2.14 bits per heavy atom. The first kappa shape index (κ1) is 15.6. The third-order valence-corrected chi connectivity index (χ3v) is 5.62. The molecule has 0 heterocycles. The van der Waals surface area contributed by atoms with Crippen LogP contribution in [0.25, 0.3) is 0 Å². The van der Waals surface area contributed by atoms with Gasteiger partial charge in [-0.05, 0) is 17.7 Å². The minimum absolute atomic E-state index is 0.0321. The summed E-state index contributed by atoms with van der Waals surface area (Å²) in [7, 11) is -1.95. The largest absolute Gasteiger partial charge is 0.495 e. The molecule has 4 heteroatoms. The molecule has 0 amide bonds. The van der Waals surface area contributed by atoms with Crippen LogP contribution in [0, 0.1) is 0 Å². The normalized spacial score (nSPS) is 12.1. The molecule has 0 bridgehead atoms. The molecule has 0 N–H and O–H groups in total. The van der Waals surface area contributed by atoms with Gasteiger partial charge in [0, 0.05) is 5.41 Å². The number of benzene rings is 2. The molecule has 112 valence electrons. The lowest BCUT2D eigenvalue weighted by Crippen LogP contribution is -2.28. The van der Waals surface area contributed by atoms with Crippen molar-refractivity contribution in [2.75, 3.05) is 12.9 Å². The maximum absolute atomic E-state index is 12.7. The third kappa shape index (κ3) is 3.45. The van der Waals surface area contributed by atoms with Gasteiger partial charge in [0.1, 0.15) is 10.6 Å². The summed E-state index contributed by atoms with van der Waals surface area (Å²) in [6.07, 6.45) is 0. The van der Waals surface area contributed by atoms with Gasteiger partial charge in [0.25, 0.3) is 0 Å². The predicted molar refractivity (Wildman–Crippen MR) is 84.5 cm³/mol. The lowest BCUT2D eigenvalue weighted by molar-refractivity contribution is 0.402. The second kappa shape index (κ2) is 5.90. The van der Waals surface area contributed by atoms with Crippen molar-refractivity contribution in [3.8, 4) is 5.75 Å². The lowest BCUT2D eigenvalue weighted by Gasteiger charge is -2.25. The molecular weight excluding hydrogens is 284 g/mol. The van der Waals surface area contributed by atoms with E-state index in [9.17, 15) is 8.42 Å². The van der Waals surface area contributed by atoms with E-state index in [1.807, 2.05) is 44.2 Å². The molecule has 3 nitrogen and oxygen atoms in total. The molecule has 0 saturated carbocycles. The van der Waals surface area contributed by atoms with Crippen LogP contribution in [-0.4, -0.2) is 21.3 Å². The molecule has 0 spiro atoms. The molecule has 0 aromatic heterocycles.